The second kappa shape index (κ2) is 17.3. The highest BCUT2D eigenvalue weighted by Crippen LogP contribution is 1.92. The fourth-order valence-electron chi connectivity index (χ4n) is 0.353. The Morgan fingerprint density at radius 2 is 1.29 bits per heavy atom. The molecule has 0 aromatic rings. The normalized spacial score (nSPS) is 10.2. The third kappa shape index (κ3) is 39.8. The predicted octanol–water partition coefficient (Wildman–Crippen LogP) is 1.10. The van der Waals surface area contributed by atoms with E-state index in [1.807, 2.05) is 6.92 Å². The van der Waals surface area contributed by atoms with Crippen LogP contribution in [-0.2, 0) is 9.59 Å². The molecule has 0 fully saturated rings. The smallest absolute Gasteiger partial charge is 0.303 e. The van der Waals surface area contributed by atoms with Crippen LogP contribution in [0.15, 0.2) is 0 Å². The summed E-state index contributed by atoms with van der Waals surface area (Å²) in [6, 6.07) is 0. The molecular formula is C11H24O6. The van der Waals surface area contributed by atoms with Gasteiger partial charge in [0.05, 0.1) is 6.10 Å². The molecular weight excluding hydrogens is 228 g/mol. The van der Waals surface area contributed by atoms with Gasteiger partial charge in [0.2, 0.25) is 0 Å². The molecule has 0 aliphatic heterocycles. The maximum Gasteiger partial charge on any atom is 0.303 e. The number of aliphatic hydroxyl groups is 2. The van der Waals surface area contributed by atoms with Gasteiger partial charge in [-0.25, -0.2) is 0 Å². The van der Waals surface area contributed by atoms with Gasteiger partial charge < -0.3 is 20.4 Å². The molecule has 104 valence electrons. The van der Waals surface area contributed by atoms with E-state index in [1.54, 1.807) is 13.8 Å². The van der Waals surface area contributed by atoms with Crippen LogP contribution >= 0.6 is 0 Å². The lowest BCUT2D eigenvalue weighted by Crippen LogP contribution is -2.05. The zero-order valence-corrected chi connectivity index (χ0v) is 10.7. The Kier molecular flexibility index (Phi) is 21.5. The maximum absolute atomic E-state index is 9.37. The van der Waals surface area contributed by atoms with Gasteiger partial charge >= 0.3 is 11.9 Å². The number of hydrogen-bond acceptors (Lipinski definition) is 4. The Hall–Kier alpha value is -1.14. The molecule has 0 radical (unpaired) electrons. The second-order valence-electron chi connectivity index (χ2n) is 3.07. The van der Waals surface area contributed by atoms with Crippen LogP contribution in [0.5, 0.6) is 0 Å². The van der Waals surface area contributed by atoms with E-state index in [4.69, 9.17) is 20.4 Å². The molecule has 0 bridgehead atoms. The third-order valence-electron chi connectivity index (χ3n) is 1.54. The summed E-state index contributed by atoms with van der Waals surface area (Å²) in [5.41, 5.74) is 0. The van der Waals surface area contributed by atoms with Crippen molar-refractivity contribution in [2.24, 2.45) is 0 Å². The first kappa shape index (κ1) is 21.2. The van der Waals surface area contributed by atoms with Gasteiger partial charge in [0.1, 0.15) is 0 Å². The predicted molar refractivity (Wildman–Crippen MR) is 63.9 cm³/mol. The SMILES string of the molecule is CCC(=O)O.CCC(=O)O.CCC(O)CCO. The molecule has 0 saturated heterocycles. The molecule has 1 unspecified atom stereocenters. The first-order valence-electron chi connectivity index (χ1n) is 5.57. The van der Waals surface area contributed by atoms with E-state index in [-0.39, 0.29) is 25.6 Å². The van der Waals surface area contributed by atoms with Crippen molar-refractivity contribution < 1.29 is 30.0 Å². The fraction of sp³-hybridized carbons (Fsp3) is 0.818. The van der Waals surface area contributed by atoms with Crippen LogP contribution < -0.4 is 0 Å². The monoisotopic (exact) mass is 252 g/mol. The lowest BCUT2D eigenvalue weighted by atomic mass is 10.2. The molecule has 0 aromatic heterocycles. The van der Waals surface area contributed by atoms with Crippen LogP contribution in [0.1, 0.15) is 46.5 Å². The average Bonchev–Trinajstić information content (AvgIpc) is 2.30. The molecule has 6 heteroatoms. The molecule has 0 aromatic carbocycles. The van der Waals surface area contributed by atoms with Gasteiger partial charge in [-0.2, -0.15) is 0 Å². The molecule has 6 nitrogen and oxygen atoms in total. The molecule has 0 aliphatic carbocycles. The van der Waals surface area contributed by atoms with Gasteiger partial charge in [-0.1, -0.05) is 20.8 Å². The third-order valence-corrected chi connectivity index (χ3v) is 1.54. The van der Waals surface area contributed by atoms with E-state index >= 15 is 0 Å². The van der Waals surface area contributed by atoms with Crippen molar-refractivity contribution in [3.63, 3.8) is 0 Å². The second-order valence-corrected chi connectivity index (χ2v) is 3.07. The summed E-state index contributed by atoms with van der Waals surface area (Å²) in [4.78, 5) is 18.7. The number of aliphatic hydroxyl groups excluding tert-OH is 2. The van der Waals surface area contributed by atoms with Crippen molar-refractivity contribution in [1.82, 2.24) is 0 Å². The number of rotatable bonds is 5. The van der Waals surface area contributed by atoms with Gasteiger partial charge in [0.15, 0.2) is 0 Å². The lowest BCUT2D eigenvalue weighted by Gasteiger charge is -2.01. The van der Waals surface area contributed by atoms with Crippen LogP contribution in [0.25, 0.3) is 0 Å². The Balaban J connectivity index is -0.000000177. The Bertz CT molecular complexity index is 167. The minimum Gasteiger partial charge on any atom is -0.481 e. The largest absolute Gasteiger partial charge is 0.481 e. The molecule has 1 atom stereocenters. The van der Waals surface area contributed by atoms with Crippen molar-refractivity contribution >= 4 is 11.9 Å². The van der Waals surface area contributed by atoms with E-state index in [0.29, 0.717) is 6.42 Å². The van der Waals surface area contributed by atoms with E-state index in [9.17, 15) is 9.59 Å². The molecule has 0 saturated carbocycles. The highest BCUT2D eigenvalue weighted by Gasteiger charge is 1.95. The number of hydrogen-bond donors (Lipinski definition) is 4. The van der Waals surface area contributed by atoms with Crippen LogP contribution in [0.4, 0.5) is 0 Å². The Labute approximate surface area is 102 Å². The topological polar surface area (TPSA) is 115 Å². The van der Waals surface area contributed by atoms with Gasteiger partial charge in [-0.3, -0.25) is 9.59 Å². The first-order chi connectivity index (χ1) is 7.85. The molecule has 0 amide bonds. The highest BCUT2D eigenvalue weighted by atomic mass is 16.4. The minimum absolute atomic E-state index is 0.0923. The highest BCUT2D eigenvalue weighted by molar-refractivity contribution is 5.66. The van der Waals surface area contributed by atoms with Gasteiger partial charge in [0, 0.05) is 19.4 Å². The molecule has 0 aliphatic rings. The summed E-state index contributed by atoms with van der Waals surface area (Å²) < 4.78 is 0. The first-order valence-corrected chi connectivity index (χ1v) is 5.57. The summed E-state index contributed by atoms with van der Waals surface area (Å²) in [7, 11) is 0. The van der Waals surface area contributed by atoms with Crippen molar-refractivity contribution in [2.45, 2.75) is 52.6 Å². The average molecular weight is 252 g/mol. The van der Waals surface area contributed by atoms with E-state index in [2.05, 4.69) is 0 Å². The lowest BCUT2D eigenvalue weighted by molar-refractivity contribution is -0.137. The maximum atomic E-state index is 9.37. The summed E-state index contributed by atoms with van der Waals surface area (Å²) in [6.45, 7) is 5.18. The summed E-state index contributed by atoms with van der Waals surface area (Å²) >= 11 is 0. The van der Waals surface area contributed by atoms with Gasteiger partial charge in [-0.15, -0.1) is 0 Å². The van der Waals surface area contributed by atoms with Crippen molar-refractivity contribution in [1.29, 1.82) is 0 Å². The molecule has 0 rings (SSSR count). The molecule has 17 heavy (non-hydrogen) atoms. The van der Waals surface area contributed by atoms with Crippen LogP contribution in [0.3, 0.4) is 0 Å². The fourth-order valence-corrected chi connectivity index (χ4v) is 0.353. The summed E-state index contributed by atoms with van der Waals surface area (Å²) in [6.07, 6.45) is 1.39. The van der Waals surface area contributed by atoms with Gasteiger partial charge in [-0.05, 0) is 12.8 Å². The van der Waals surface area contributed by atoms with Crippen LogP contribution in [0, 0.1) is 0 Å². The number of carbonyl (C=O) groups is 2. The van der Waals surface area contributed by atoms with Gasteiger partial charge in [0.25, 0.3) is 0 Å². The number of carboxylic acids is 2. The van der Waals surface area contributed by atoms with E-state index < -0.39 is 11.9 Å². The number of aliphatic carboxylic acids is 2. The van der Waals surface area contributed by atoms with Crippen LogP contribution in [0.2, 0.25) is 0 Å². The molecule has 0 heterocycles. The van der Waals surface area contributed by atoms with E-state index in [0.717, 1.165) is 6.42 Å². The minimum atomic E-state index is -0.745. The van der Waals surface area contributed by atoms with Crippen molar-refractivity contribution in [3.05, 3.63) is 0 Å². The standard InChI is InChI=1S/C5H12O2.2C3H6O2/c1-2-5(7)3-4-6;2*1-2-3(4)5/h5-7H,2-4H2,1H3;2*2H2,1H3,(H,4,5). The summed E-state index contributed by atoms with van der Waals surface area (Å²) in [5.74, 6) is -1.49. The molecule has 0 spiro atoms. The van der Waals surface area contributed by atoms with Crippen molar-refractivity contribution in [2.75, 3.05) is 6.61 Å². The van der Waals surface area contributed by atoms with E-state index in [1.165, 1.54) is 0 Å². The van der Waals surface area contributed by atoms with Crippen LogP contribution in [-0.4, -0.2) is 45.1 Å². The quantitative estimate of drug-likeness (QED) is 0.582. The Morgan fingerprint density at radius 1 is 1.00 bits per heavy atom. The summed E-state index contributed by atoms with van der Waals surface area (Å²) in [5, 5.41) is 32.4. The molecule has 4 N–H and O–H groups in total. The van der Waals surface area contributed by atoms with Crippen molar-refractivity contribution in [3.8, 4) is 0 Å². The zero-order valence-electron chi connectivity index (χ0n) is 10.7. The zero-order chi connectivity index (χ0) is 14.3. The Morgan fingerprint density at radius 3 is 1.35 bits per heavy atom. The number of carboxylic acid groups (broad SMARTS) is 2.